The fourth-order valence-corrected chi connectivity index (χ4v) is 6.46. The molecule has 1 fully saturated rings. The summed E-state index contributed by atoms with van der Waals surface area (Å²) in [4.78, 5) is 35.9. The van der Waals surface area contributed by atoms with Gasteiger partial charge in [-0.1, -0.05) is 39.0 Å². The summed E-state index contributed by atoms with van der Waals surface area (Å²) in [6.45, 7) is 9.93. The maximum atomic E-state index is 12.7. The van der Waals surface area contributed by atoms with Gasteiger partial charge >= 0.3 is 0 Å². The largest absolute Gasteiger partial charge is 0.410 e. The smallest absolute Gasteiger partial charge is 0.256 e. The number of hydrogen-bond acceptors (Lipinski definition) is 8. The zero-order chi connectivity index (χ0) is 26.3. The Morgan fingerprint density at radius 1 is 1.22 bits per heavy atom. The van der Waals surface area contributed by atoms with E-state index in [1.807, 2.05) is 19.2 Å². The molecule has 3 aromatic rings. The van der Waals surface area contributed by atoms with Crippen molar-refractivity contribution in [3.63, 3.8) is 0 Å². The van der Waals surface area contributed by atoms with Crippen molar-refractivity contribution < 1.29 is 28.5 Å². The average Bonchev–Trinajstić information content (AvgIpc) is 3.40. The number of nitrogens with one attached hydrogen (secondary N) is 1. The third-order valence-electron chi connectivity index (χ3n) is 6.94. The molecule has 3 heterocycles. The summed E-state index contributed by atoms with van der Waals surface area (Å²) in [7, 11) is -5.54. The van der Waals surface area contributed by atoms with Crippen LogP contribution in [0.25, 0.3) is 11.2 Å². The van der Waals surface area contributed by atoms with Crippen LogP contribution in [0.15, 0.2) is 43.0 Å². The van der Waals surface area contributed by atoms with Crippen molar-refractivity contribution >= 4 is 39.2 Å². The van der Waals surface area contributed by atoms with Gasteiger partial charge in [0.1, 0.15) is 18.1 Å². The summed E-state index contributed by atoms with van der Waals surface area (Å²) >= 11 is 0. The van der Waals surface area contributed by atoms with E-state index in [9.17, 15) is 19.4 Å². The summed E-state index contributed by atoms with van der Waals surface area (Å²) in [5.74, 6) is -0.157. The van der Waals surface area contributed by atoms with Gasteiger partial charge in [0.15, 0.2) is 39.6 Å². The lowest BCUT2D eigenvalue weighted by atomic mass is 10.2. The molecule has 194 valence electrons. The highest BCUT2D eigenvalue weighted by Gasteiger charge is 2.53. The van der Waals surface area contributed by atoms with Gasteiger partial charge in [0.05, 0.1) is 19.0 Å². The van der Waals surface area contributed by atoms with Gasteiger partial charge in [0, 0.05) is 5.56 Å². The first-order chi connectivity index (χ1) is 16.9. The topological polar surface area (TPSA) is 149 Å². The number of aliphatic hydroxyl groups is 1. The normalized spacial score (nSPS) is 23.6. The highest BCUT2D eigenvalue weighted by Crippen LogP contribution is 2.48. The molecule has 5 atom stereocenters. The first kappa shape index (κ1) is 26.6. The van der Waals surface area contributed by atoms with Crippen molar-refractivity contribution in [2.24, 2.45) is 0 Å². The van der Waals surface area contributed by atoms with Gasteiger partial charge in [-0.05, 0) is 30.3 Å². The number of carbonyl (C=O) groups excluding carboxylic acids is 1. The Morgan fingerprint density at radius 2 is 1.92 bits per heavy atom. The van der Waals surface area contributed by atoms with E-state index in [1.54, 1.807) is 24.3 Å². The molecular formula is C23H32N5O6PSi. The Hall–Kier alpha value is -2.47. The Bertz CT molecular complexity index is 1260. The zero-order valence-electron chi connectivity index (χ0n) is 20.9. The number of rotatable bonds is 7. The lowest BCUT2D eigenvalue weighted by Gasteiger charge is -2.40. The minimum atomic E-state index is -3.18. The Morgan fingerprint density at radius 3 is 2.53 bits per heavy atom. The second-order valence-electron chi connectivity index (χ2n) is 10.3. The molecule has 1 saturated heterocycles. The standard InChI is InChI=1S/C23H32N5O6PSi/c1-23(2,3)36(4,5)34-17-15(11-29)33-22(18(17)35(31)32)28-13-26-16-19(24-12-25-20(16)28)27-21(30)14-9-7-6-8-10-14/h6-10,12-13,15,17-18,22,29,35H,11H2,1-5H3,(H,31,32)(H,24,25,27,30)/t15?,17-,18-,22?/m1/s1. The molecule has 0 aliphatic carbocycles. The van der Waals surface area contributed by atoms with Crippen LogP contribution in [0.2, 0.25) is 18.1 Å². The molecule has 13 heteroatoms. The molecule has 36 heavy (non-hydrogen) atoms. The molecule has 0 spiro atoms. The monoisotopic (exact) mass is 533 g/mol. The second-order valence-corrected chi connectivity index (χ2v) is 16.4. The van der Waals surface area contributed by atoms with Crippen LogP contribution in [0.5, 0.6) is 0 Å². The quantitative estimate of drug-likeness (QED) is 0.307. The van der Waals surface area contributed by atoms with Crippen molar-refractivity contribution in [3.8, 4) is 0 Å². The molecule has 1 aromatic carbocycles. The molecular weight excluding hydrogens is 501 g/mol. The molecule has 1 amide bonds. The van der Waals surface area contributed by atoms with Crippen molar-refractivity contribution in [1.29, 1.82) is 0 Å². The summed E-state index contributed by atoms with van der Waals surface area (Å²) in [5, 5.41) is 12.6. The first-order valence-corrected chi connectivity index (χ1v) is 16.0. The van der Waals surface area contributed by atoms with Crippen LogP contribution < -0.4 is 5.32 Å². The Balaban J connectivity index is 1.69. The Kier molecular flexibility index (Phi) is 7.47. The number of aromatic nitrogens is 4. The van der Waals surface area contributed by atoms with Crippen LogP contribution >= 0.6 is 8.03 Å². The molecule has 0 radical (unpaired) electrons. The number of ether oxygens (including phenoxy) is 1. The maximum absolute atomic E-state index is 12.7. The lowest BCUT2D eigenvalue weighted by Crippen LogP contribution is -2.49. The molecule has 4 rings (SSSR count). The van der Waals surface area contributed by atoms with E-state index < -0.39 is 40.4 Å². The molecule has 0 bridgehead atoms. The minimum Gasteiger partial charge on any atom is -0.410 e. The lowest BCUT2D eigenvalue weighted by molar-refractivity contribution is -0.0409. The van der Waals surface area contributed by atoms with Gasteiger partial charge in [-0.15, -0.1) is 0 Å². The van der Waals surface area contributed by atoms with Crippen LogP contribution in [0.1, 0.15) is 37.4 Å². The first-order valence-electron chi connectivity index (χ1n) is 11.7. The summed E-state index contributed by atoms with van der Waals surface area (Å²) in [6.07, 6.45) is 0.176. The zero-order valence-corrected chi connectivity index (χ0v) is 22.9. The van der Waals surface area contributed by atoms with Crippen LogP contribution in [0.4, 0.5) is 5.82 Å². The third-order valence-corrected chi connectivity index (χ3v) is 12.6. The highest BCUT2D eigenvalue weighted by atomic mass is 31.1. The molecule has 3 unspecified atom stereocenters. The average molecular weight is 534 g/mol. The van der Waals surface area contributed by atoms with Crippen molar-refractivity contribution in [1.82, 2.24) is 19.5 Å². The van der Waals surface area contributed by atoms with Crippen molar-refractivity contribution in [2.45, 2.75) is 63.0 Å². The number of nitrogens with zero attached hydrogens (tertiary/aromatic N) is 4. The van der Waals surface area contributed by atoms with E-state index in [1.165, 1.54) is 17.2 Å². The predicted molar refractivity (Wildman–Crippen MR) is 138 cm³/mol. The number of benzene rings is 1. The highest BCUT2D eigenvalue weighted by molar-refractivity contribution is 7.39. The summed E-state index contributed by atoms with van der Waals surface area (Å²) in [6, 6.07) is 8.69. The second kappa shape index (κ2) is 10.1. The molecule has 1 aliphatic rings. The number of amides is 1. The number of fused-ring (bicyclic) bond motifs is 1. The van der Waals surface area contributed by atoms with Gasteiger partial charge in [0.2, 0.25) is 0 Å². The van der Waals surface area contributed by atoms with Gasteiger partial charge in [-0.3, -0.25) is 13.9 Å². The van der Waals surface area contributed by atoms with Crippen LogP contribution in [-0.4, -0.2) is 68.2 Å². The maximum Gasteiger partial charge on any atom is 0.256 e. The molecule has 0 saturated carbocycles. The van der Waals surface area contributed by atoms with Gasteiger partial charge < -0.3 is 24.5 Å². The number of anilines is 1. The number of carbonyl (C=O) groups is 1. The molecule has 2 aromatic heterocycles. The van der Waals surface area contributed by atoms with E-state index in [2.05, 4.69) is 41.0 Å². The molecule has 3 N–H and O–H groups in total. The van der Waals surface area contributed by atoms with Crippen molar-refractivity contribution in [2.75, 3.05) is 11.9 Å². The van der Waals surface area contributed by atoms with Crippen molar-refractivity contribution in [3.05, 3.63) is 48.5 Å². The minimum absolute atomic E-state index is 0.151. The van der Waals surface area contributed by atoms with Gasteiger partial charge in [0.25, 0.3) is 5.91 Å². The third kappa shape index (κ3) is 5.02. The van der Waals surface area contributed by atoms with E-state index >= 15 is 0 Å². The van der Waals surface area contributed by atoms with Crippen LogP contribution in [0, 0.1) is 0 Å². The predicted octanol–water partition coefficient (Wildman–Crippen LogP) is 3.19. The van der Waals surface area contributed by atoms with Gasteiger partial charge in [-0.2, -0.15) is 0 Å². The fourth-order valence-electron chi connectivity index (χ4n) is 3.95. The number of hydrogen-bond donors (Lipinski definition) is 3. The fraction of sp³-hybridized carbons (Fsp3) is 0.478. The van der Waals surface area contributed by atoms with E-state index in [-0.39, 0.29) is 23.4 Å². The summed E-state index contributed by atoms with van der Waals surface area (Å²) < 4.78 is 26.8. The SMILES string of the molecule is CC(C)(C)[Si](C)(C)O[C@@H]1C(CO)OC(n2cnc3c(NC(=O)c4ccccc4)ncnc32)[C@@H]1[PH](=O)O. The Labute approximate surface area is 210 Å². The van der Waals surface area contributed by atoms with Crippen LogP contribution in [-0.2, 0) is 13.7 Å². The van der Waals surface area contributed by atoms with E-state index in [0.29, 0.717) is 16.7 Å². The number of imidazole rings is 1. The van der Waals surface area contributed by atoms with E-state index in [4.69, 9.17) is 9.16 Å². The van der Waals surface area contributed by atoms with Crippen LogP contribution in [0.3, 0.4) is 0 Å². The molecule has 1 aliphatic heterocycles. The summed E-state index contributed by atoms with van der Waals surface area (Å²) in [5.41, 5.74) is 0.140. The molecule has 11 nitrogen and oxygen atoms in total. The van der Waals surface area contributed by atoms with Gasteiger partial charge in [-0.25, -0.2) is 15.0 Å². The number of aliphatic hydroxyl groups excluding tert-OH is 1. The van der Waals surface area contributed by atoms with E-state index in [0.717, 1.165) is 0 Å².